The van der Waals surface area contributed by atoms with Gasteiger partial charge in [-0.15, -0.1) is 11.3 Å². The summed E-state index contributed by atoms with van der Waals surface area (Å²) in [7, 11) is -3.82. The molecular formula is C14H21NO5S2. The molecule has 1 saturated heterocycles. The zero-order chi connectivity index (χ0) is 16.2. The minimum atomic E-state index is -3.82. The summed E-state index contributed by atoms with van der Waals surface area (Å²) in [5.74, 6) is -0.665. The molecule has 1 N–H and O–H groups in total. The number of thiophene rings is 1. The van der Waals surface area contributed by atoms with Gasteiger partial charge in [-0.1, -0.05) is 0 Å². The molecule has 0 spiro atoms. The Bertz CT molecular complexity index is 605. The molecule has 0 saturated carbocycles. The van der Waals surface area contributed by atoms with Gasteiger partial charge in [-0.05, 0) is 45.2 Å². The average Bonchev–Trinajstić information content (AvgIpc) is 2.93. The topological polar surface area (TPSA) is 81.7 Å². The lowest BCUT2D eigenvalue weighted by atomic mass is 10.1. The average molecular weight is 347 g/mol. The molecule has 1 aliphatic heterocycles. The van der Waals surface area contributed by atoms with Crippen molar-refractivity contribution in [2.24, 2.45) is 0 Å². The normalized spacial score (nSPS) is 20.5. The van der Waals surface area contributed by atoms with Crippen molar-refractivity contribution in [1.82, 2.24) is 4.72 Å². The van der Waals surface area contributed by atoms with Crippen LogP contribution in [0.1, 0.15) is 31.1 Å². The van der Waals surface area contributed by atoms with E-state index in [1.807, 2.05) is 0 Å². The van der Waals surface area contributed by atoms with Crippen LogP contribution in [0.4, 0.5) is 0 Å². The van der Waals surface area contributed by atoms with Gasteiger partial charge in [-0.3, -0.25) is 4.79 Å². The maximum absolute atomic E-state index is 12.1. The zero-order valence-corrected chi connectivity index (χ0v) is 14.3. The Labute approximate surface area is 134 Å². The van der Waals surface area contributed by atoms with Crippen molar-refractivity contribution in [3.8, 4) is 0 Å². The quantitative estimate of drug-likeness (QED) is 0.849. The molecule has 2 heterocycles. The van der Waals surface area contributed by atoms with Gasteiger partial charge in [0.15, 0.2) is 0 Å². The molecule has 8 heteroatoms. The van der Waals surface area contributed by atoms with Gasteiger partial charge in [0.1, 0.15) is 10.3 Å². The SMILES string of the molecule is Cc1ccc(S(=O)(=O)NC(=O)[C@@H](C)OC[C@H]2CCCCO2)s1. The minimum absolute atomic E-state index is 0.0134. The van der Waals surface area contributed by atoms with Gasteiger partial charge in [-0.25, -0.2) is 13.1 Å². The predicted octanol–water partition coefficient (Wildman–Crippen LogP) is 1.84. The number of carbonyl (C=O) groups excluding carboxylic acids is 1. The summed E-state index contributed by atoms with van der Waals surface area (Å²) in [5, 5.41) is 0. The molecule has 1 amide bonds. The van der Waals surface area contributed by atoms with Crippen molar-refractivity contribution in [3.63, 3.8) is 0 Å². The molecule has 1 aromatic heterocycles. The van der Waals surface area contributed by atoms with E-state index in [1.54, 1.807) is 13.0 Å². The Hall–Kier alpha value is -0.960. The molecule has 0 unspecified atom stereocenters. The molecule has 2 atom stereocenters. The van der Waals surface area contributed by atoms with Crippen LogP contribution in [-0.4, -0.2) is 39.7 Å². The van der Waals surface area contributed by atoms with E-state index in [0.717, 1.165) is 35.5 Å². The molecule has 6 nitrogen and oxygen atoms in total. The van der Waals surface area contributed by atoms with E-state index in [-0.39, 0.29) is 10.3 Å². The third-order valence-electron chi connectivity index (χ3n) is 3.39. The second kappa shape index (κ2) is 7.54. The van der Waals surface area contributed by atoms with Gasteiger partial charge in [0.2, 0.25) is 0 Å². The number of ether oxygens (including phenoxy) is 2. The summed E-state index contributed by atoms with van der Waals surface area (Å²) in [6, 6.07) is 3.18. The summed E-state index contributed by atoms with van der Waals surface area (Å²) in [6.45, 7) is 4.35. The van der Waals surface area contributed by atoms with Gasteiger partial charge >= 0.3 is 0 Å². The van der Waals surface area contributed by atoms with E-state index in [4.69, 9.17) is 9.47 Å². The number of hydrogen-bond donors (Lipinski definition) is 1. The van der Waals surface area contributed by atoms with E-state index >= 15 is 0 Å². The highest BCUT2D eigenvalue weighted by Crippen LogP contribution is 2.20. The minimum Gasteiger partial charge on any atom is -0.376 e. The van der Waals surface area contributed by atoms with Crippen LogP contribution >= 0.6 is 11.3 Å². The fraction of sp³-hybridized carbons (Fsp3) is 0.643. The summed E-state index contributed by atoms with van der Waals surface area (Å²) in [5.41, 5.74) is 0. The summed E-state index contributed by atoms with van der Waals surface area (Å²) in [6.07, 6.45) is 2.18. The van der Waals surface area contributed by atoms with Crippen molar-refractivity contribution in [2.45, 2.75) is 49.5 Å². The second-order valence-electron chi connectivity index (χ2n) is 5.30. The van der Waals surface area contributed by atoms with Crippen molar-refractivity contribution >= 4 is 27.3 Å². The maximum atomic E-state index is 12.1. The molecule has 1 aromatic rings. The van der Waals surface area contributed by atoms with Gasteiger partial charge < -0.3 is 9.47 Å². The lowest BCUT2D eigenvalue weighted by Crippen LogP contribution is -2.39. The fourth-order valence-corrected chi connectivity index (χ4v) is 4.41. The van der Waals surface area contributed by atoms with Gasteiger partial charge in [0.25, 0.3) is 15.9 Å². The molecule has 0 aromatic carbocycles. The van der Waals surface area contributed by atoms with Crippen LogP contribution in [0, 0.1) is 6.92 Å². The van der Waals surface area contributed by atoms with Crippen LogP contribution < -0.4 is 4.72 Å². The lowest BCUT2D eigenvalue weighted by Gasteiger charge is -2.23. The second-order valence-corrected chi connectivity index (χ2v) is 8.50. The van der Waals surface area contributed by atoms with Gasteiger partial charge in [-0.2, -0.15) is 0 Å². The van der Waals surface area contributed by atoms with Crippen LogP contribution in [0.25, 0.3) is 0 Å². The number of carbonyl (C=O) groups is 1. The highest BCUT2D eigenvalue weighted by atomic mass is 32.2. The third-order valence-corrected chi connectivity index (χ3v) is 6.23. The molecule has 0 radical (unpaired) electrons. The van der Waals surface area contributed by atoms with Crippen LogP contribution in [0.15, 0.2) is 16.3 Å². The largest absolute Gasteiger partial charge is 0.376 e. The van der Waals surface area contributed by atoms with E-state index in [0.29, 0.717) is 13.2 Å². The standard InChI is InChI=1S/C14H21NO5S2/c1-10-6-7-13(21-10)22(17,18)15-14(16)11(2)20-9-12-5-3-4-8-19-12/h6-7,11-12H,3-5,8-9H2,1-2H3,(H,15,16)/t11-,12-/m1/s1. The summed E-state index contributed by atoms with van der Waals surface area (Å²) >= 11 is 1.12. The van der Waals surface area contributed by atoms with E-state index in [1.165, 1.54) is 13.0 Å². The van der Waals surface area contributed by atoms with Crippen molar-refractivity contribution < 1.29 is 22.7 Å². The Balaban J connectivity index is 1.85. The third kappa shape index (κ3) is 4.77. The zero-order valence-electron chi connectivity index (χ0n) is 12.7. The van der Waals surface area contributed by atoms with Crippen LogP contribution in [0.5, 0.6) is 0 Å². The van der Waals surface area contributed by atoms with E-state index in [2.05, 4.69) is 4.72 Å². The smallest absolute Gasteiger partial charge is 0.273 e. The van der Waals surface area contributed by atoms with Crippen molar-refractivity contribution in [2.75, 3.05) is 13.2 Å². The van der Waals surface area contributed by atoms with Gasteiger partial charge in [0.05, 0.1) is 12.7 Å². The Morgan fingerprint density at radius 2 is 2.27 bits per heavy atom. The number of sulfonamides is 1. The van der Waals surface area contributed by atoms with Crippen molar-refractivity contribution in [3.05, 3.63) is 17.0 Å². The Kier molecular flexibility index (Phi) is 5.96. The van der Waals surface area contributed by atoms with E-state index in [9.17, 15) is 13.2 Å². The molecule has 22 heavy (non-hydrogen) atoms. The van der Waals surface area contributed by atoms with E-state index < -0.39 is 22.0 Å². The van der Waals surface area contributed by atoms with Crippen LogP contribution in [0.3, 0.4) is 0 Å². The first-order valence-corrected chi connectivity index (χ1v) is 9.55. The molecule has 0 aliphatic carbocycles. The highest BCUT2D eigenvalue weighted by Gasteiger charge is 2.24. The lowest BCUT2D eigenvalue weighted by molar-refractivity contribution is -0.133. The molecule has 2 rings (SSSR count). The maximum Gasteiger partial charge on any atom is 0.273 e. The molecule has 1 aliphatic rings. The summed E-state index contributed by atoms with van der Waals surface area (Å²) in [4.78, 5) is 12.8. The molecule has 124 valence electrons. The first-order valence-electron chi connectivity index (χ1n) is 7.25. The predicted molar refractivity (Wildman–Crippen MR) is 83.4 cm³/mol. The van der Waals surface area contributed by atoms with Crippen LogP contribution in [0.2, 0.25) is 0 Å². The number of aryl methyl sites for hydroxylation is 1. The number of hydrogen-bond acceptors (Lipinski definition) is 6. The molecule has 0 bridgehead atoms. The monoisotopic (exact) mass is 347 g/mol. The fourth-order valence-electron chi connectivity index (χ4n) is 2.09. The highest BCUT2D eigenvalue weighted by molar-refractivity contribution is 7.92. The summed E-state index contributed by atoms with van der Waals surface area (Å²) < 4.78 is 37.2. The first kappa shape index (κ1) is 17.4. The van der Waals surface area contributed by atoms with Gasteiger partial charge in [0, 0.05) is 11.5 Å². The number of rotatable bonds is 6. The molecule has 1 fully saturated rings. The molecular weight excluding hydrogens is 326 g/mol. The number of amides is 1. The Morgan fingerprint density at radius 1 is 1.50 bits per heavy atom. The van der Waals surface area contributed by atoms with Crippen LogP contribution in [-0.2, 0) is 24.3 Å². The number of nitrogens with one attached hydrogen (secondary N) is 1. The Morgan fingerprint density at radius 3 is 2.86 bits per heavy atom. The first-order chi connectivity index (χ1) is 10.4. The van der Waals surface area contributed by atoms with Crippen molar-refractivity contribution in [1.29, 1.82) is 0 Å².